The van der Waals surface area contributed by atoms with E-state index in [4.69, 9.17) is 4.74 Å². The second kappa shape index (κ2) is 8.06. The Morgan fingerprint density at radius 3 is 2.77 bits per heavy atom. The molecule has 1 saturated heterocycles. The fourth-order valence-electron chi connectivity index (χ4n) is 3.07. The lowest BCUT2D eigenvalue weighted by Crippen LogP contribution is -2.36. The molecule has 2 aromatic rings. The van der Waals surface area contributed by atoms with Crippen LogP contribution in [-0.4, -0.2) is 29.6 Å². The van der Waals surface area contributed by atoms with Crippen LogP contribution in [0.1, 0.15) is 24.1 Å². The predicted molar refractivity (Wildman–Crippen MR) is 88.3 cm³/mol. The molecular formula is C19H24N2O. The van der Waals surface area contributed by atoms with Crippen LogP contribution in [-0.2, 0) is 17.9 Å². The van der Waals surface area contributed by atoms with Gasteiger partial charge in [-0.2, -0.15) is 0 Å². The Labute approximate surface area is 132 Å². The maximum atomic E-state index is 5.92. The summed E-state index contributed by atoms with van der Waals surface area (Å²) in [5, 5.41) is 0. The molecule has 1 aliphatic rings. The molecule has 116 valence electrons. The molecule has 1 aromatic carbocycles. The Morgan fingerprint density at radius 1 is 1.09 bits per heavy atom. The van der Waals surface area contributed by atoms with Crippen LogP contribution in [0.25, 0.3) is 0 Å². The monoisotopic (exact) mass is 296 g/mol. The Hall–Kier alpha value is -1.71. The first-order valence-electron chi connectivity index (χ1n) is 8.14. The molecule has 3 heteroatoms. The van der Waals surface area contributed by atoms with Crippen molar-refractivity contribution in [3.63, 3.8) is 0 Å². The van der Waals surface area contributed by atoms with E-state index in [0.29, 0.717) is 5.92 Å². The van der Waals surface area contributed by atoms with Gasteiger partial charge in [0.15, 0.2) is 0 Å². The first kappa shape index (κ1) is 15.2. The molecule has 1 aliphatic heterocycles. The molecule has 1 fully saturated rings. The van der Waals surface area contributed by atoms with Crippen LogP contribution in [0.5, 0.6) is 0 Å². The molecule has 3 nitrogen and oxygen atoms in total. The number of aromatic nitrogens is 1. The zero-order chi connectivity index (χ0) is 15.0. The highest BCUT2D eigenvalue weighted by molar-refractivity contribution is 5.13. The highest BCUT2D eigenvalue weighted by Gasteiger charge is 2.20. The summed E-state index contributed by atoms with van der Waals surface area (Å²) in [6.45, 7) is 4.82. The van der Waals surface area contributed by atoms with Gasteiger partial charge < -0.3 is 4.74 Å². The van der Waals surface area contributed by atoms with Crippen molar-refractivity contribution in [1.82, 2.24) is 9.88 Å². The molecule has 0 aliphatic carbocycles. The summed E-state index contributed by atoms with van der Waals surface area (Å²) in [6, 6.07) is 16.5. The van der Waals surface area contributed by atoms with Crippen molar-refractivity contribution in [3.8, 4) is 0 Å². The predicted octanol–water partition coefficient (Wildman–Crippen LogP) is 3.51. The minimum Gasteiger partial charge on any atom is -0.376 e. The Morgan fingerprint density at radius 2 is 1.95 bits per heavy atom. The van der Waals surface area contributed by atoms with Crippen LogP contribution in [0.15, 0.2) is 54.7 Å². The van der Waals surface area contributed by atoms with Crippen LogP contribution >= 0.6 is 0 Å². The van der Waals surface area contributed by atoms with E-state index in [9.17, 15) is 0 Å². The largest absolute Gasteiger partial charge is 0.376 e. The van der Waals surface area contributed by atoms with Gasteiger partial charge in [-0.05, 0) is 43.0 Å². The van der Waals surface area contributed by atoms with E-state index in [1.165, 1.54) is 24.9 Å². The third-order valence-corrected chi connectivity index (χ3v) is 4.18. The summed E-state index contributed by atoms with van der Waals surface area (Å²) in [7, 11) is 0. The maximum Gasteiger partial charge on any atom is 0.0717 e. The fraction of sp³-hybridized carbons (Fsp3) is 0.421. The van der Waals surface area contributed by atoms with Crippen molar-refractivity contribution >= 4 is 0 Å². The summed E-state index contributed by atoms with van der Waals surface area (Å²) in [6.07, 6.45) is 4.40. The molecule has 0 saturated carbocycles. The molecule has 1 unspecified atom stereocenters. The van der Waals surface area contributed by atoms with Crippen molar-refractivity contribution in [1.29, 1.82) is 0 Å². The molecule has 0 spiro atoms. The third-order valence-electron chi connectivity index (χ3n) is 4.18. The van der Waals surface area contributed by atoms with Crippen molar-refractivity contribution in [2.45, 2.75) is 26.0 Å². The Bertz CT molecular complexity index is 544. The number of piperidine rings is 1. The first-order chi connectivity index (χ1) is 10.9. The van der Waals surface area contributed by atoms with Gasteiger partial charge in [-0.15, -0.1) is 0 Å². The third kappa shape index (κ3) is 4.65. The number of ether oxygens (including phenoxy) is 1. The standard InChI is InChI=1S/C19H24N2O/c1-2-7-17(8-3-1)15-22-16-18-9-6-12-21(13-18)14-19-10-4-5-11-20-19/h1-5,7-8,10-11,18H,6,9,12-16H2. The van der Waals surface area contributed by atoms with Gasteiger partial charge in [0.25, 0.3) is 0 Å². The molecule has 1 atom stereocenters. The van der Waals surface area contributed by atoms with Gasteiger partial charge in [-0.3, -0.25) is 9.88 Å². The quantitative estimate of drug-likeness (QED) is 0.815. The van der Waals surface area contributed by atoms with E-state index in [-0.39, 0.29) is 0 Å². The molecule has 0 radical (unpaired) electrons. The number of benzene rings is 1. The average molecular weight is 296 g/mol. The molecule has 0 N–H and O–H groups in total. The molecule has 0 bridgehead atoms. The van der Waals surface area contributed by atoms with Crippen LogP contribution < -0.4 is 0 Å². The number of pyridine rings is 1. The summed E-state index contributed by atoms with van der Waals surface area (Å²) in [5.41, 5.74) is 2.41. The van der Waals surface area contributed by atoms with Gasteiger partial charge in [0, 0.05) is 19.3 Å². The van der Waals surface area contributed by atoms with Crippen LogP contribution in [0, 0.1) is 5.92 Å². The molecular weight excluding hydrogens is 272 g/mol. The zero-order valence-electron chi connectivity index (χ0n) is 13.0. The van der Waals surface area contributed by atoms with Crippen LogP contribution in [0.2, 0.25) is 0 Å². The van der Waals surface area contributed by atoms with E-state index in [0.717, 1.165) is 32.0 Å². The number of likely N-dealkylation sites (tertiary alicyclic amines) is 1. The van der Waals surface area contributed by atoms with Crippen molar-refractivity contribution in [2.24, 2.45) is 5.92 Å². The number of hydrogen-bond acceptors (Lipinski definition) is 3. The number of hydrogen-bond donors (Lipinski definition) is 0. The average Bonchev–Trinajstić information content (AvgIpc) is 2.57. The van der Waals surface area contributed by atoms with Gasteiger partial charge >= 0.3 is 0 Å². The van der Waals surface area contributed by atoms with E-state index in [1.54, 1.807) is 0 Å². The summed E-state index contributed by atoms with van der Waals surface area (Å²) < 4.78 is 5.92. The smallest absolute Gasteiger partial charge is 0.0717 e. The second-order valence-corrected chi connectivity index (χ2v) is 6.07. The van der Waals surface area contributed by atoms with E-state index in [1.807, 2.05) is 18.3 Å². The molecule has 1 aromatic heterocycles. The van der Waals surface area contributed by atoms with Gasteiger partial charge in [-0.25, -0.2) is 0 Å². The Balaban J connectivity index is 1.42. The van der Waals surface area contributed by atoms with Crippen molar-refractivity contribution < 1.29 is 4.74 Å². The van der Waals surface area contributed by atoms with E-state index < -0.39 is 0 Å². The molecule has 2 heterocycles. The maximum absolute atomic E-state index is 5.92. The van der Waals surface area contributed by atoms with Crippen molar-refractivity contribution in [3.05, 3.63) is 66.0 Å². The van der Waals surface area contributed by atoms with E-state index >= 15 is 0 Å². The number of nitrogens with zero attached hydrogens (tertiary/aromatic N) is 2. The topological polar surface area (TPSA) is 25.4 Å². The molecule has 22 heavy (non-hydrogen) atoms. The summed E-state index contributed by atoms with van der Waals surface area (Å²) in [4.78, 5) is 6.93. The van der Waals surface area contributed by atoms with Gasteiger partial charge in [0.1, 0.15) is 0 Å². The molecule has 3 rings (SSSR count). The first-order valence-corrected chi connectivity index (χ1v) is 8.14. The number of rotatable bonds is 6. The normalized spacial score (nSPS) is 19.2. The summed E-state index contributed by atoms with van der Waals surface area (Å²) >= 11 is 0. The van der Waals surface area contributed by atoms with Gasteiger partial charge in [-0.1, -0.05) is 36.4 Å². The lowest BCUT2D eigenvalue weighted by molar-refractivity contribution is 0.0493. The highest BCUT2D eigenvalue weighted by atomic mass is 16.5. The van der Waals surface area contributed by atoms with Gasteiger partial charge in [0.2, 0.25) is 0 Å². The minimum atomic E-state index is 0.640. The molecule has 0 amide bonds. The zero-order valence-corrected chi connectivity index (χ0v) is 13.0. The lowest BCUT2D eigenvalue weighted by Gasteiger charge is -2.32. The highest BCUT2D eigenvalue weighted by Crippen LogP contribution is 2.19. The second-order valence-electron chi connectivity index (χ2n) is 6.07. The Kier molecular flexibility index (Phi) is 5.57. The minimum absolute atomic E-state index is 0.640. The van der Waals surface area contributed by atoms with Crippen LogP contribution in [0.4, 0.5) is 0 Å². The SMILES string of the molecule is c1ccc(COCC2CCCN(Cc3ccccn3)C2)cc1. The van der Waals surface area contributed by atoms with Crippen molar-refractivity contribution in [2.75, 3.05) is 19.7 Å². The van der Waals surface area contributed by atoms with Crippen LogP contribution in [0.3, 0.4) is 0 Å². The van der Waals surface area contributed by atoms with E-state index in [2.05, 4.69) is 46.3 Å². The lowest BCUT2D eigenvalue weighted by atomic mass is 9.99. The summed E-state index contributed by atoms with van der Waals surface area (Å²) in [5.74, 6) is 0.640. The van der Waals surface area contributed by atoms with Gasteiger partial charge in [0.05, 0.1) is 18.9 Å². The fourth-order valence-corrected chi connectivity index (χ4v) is 3.07.